The number of rotatable bonds is 8. The first kappa shape index (κ1) is 16.5. The quantitative estimate of drug-likeness (QED) is 0.414. The molecule has 0 spiro atoms. The molecule has 1 aromatic rings. The van der Waals surface area contributed by atoms with Gasteiger partial charge in [-0.3, -0.25) is 10.1 Å². The van der Waals surface area contributed by atoms with Crippen molar-refractivity contribution in [3.8, 4) is 0 Å². The van der Waals surface area contributed by atoms with Crippen LogP contribution < -0.4 is 5.32 Å². The van der Waals surface area contributed by atoms with Crippen molar-refractivity contribution >= 4 is 11.4 Å². The zero-order valence-electron chi connectivity index (χ0n) is 13.0. The molecule has 1 atom stereocenters. The van der Waals surface area contributed by atoms with E-state index in [-0.39, 0.29) is 10.6 Å². The Bertz CT molecular complexity index is 458. The molecule has 0 fully saturated rings. The van der Waals surface area contributed by atoms with Crippen LogP contribution in [0, 0.1) is 24.0 Å². The molecule has 0 aliphatic heterocycles. The second-order valence-corrected chi connectivity index (χ2v) is 5.61. The van der Waals surface area contributed by atoms with E-state index in [9.17, 15) is 10.1 Å². The summed E-state index contributed by atoms with van der Waals surface area (Å²) in [5.74, 6) is 0. The second kappa shape index (κ2) is 7.88. The van der Waals surface area contributed by atoms with Crippen molar-refractivity contribution in [1.82, 2.24) is 0 Å². The van der Waals surface area contributed by atoms with Crippen LogP contribution in [0.1, 0.15) is 57.1 Å². The monoisotopic (exact) mass is 278 g/mol. The molecule has 0 bridgehead atoms. The summed E-state index contributed by atoms with van der Waals surface area (Å²) in [4.78, 5) is 10.7. The third-order valence-corrected chi connectivity index (χ3v) is 3.63. The van der Waals surface area contributed by atoms with Crippen LogP contribution in [0.3, 0.4) is 0 Å². The minimum absolute atomic E-state index is 0.191. The molecular formula is C16H26N2O2. The fraction of sp³-hybridized carbons (Fsp3) is 0.625. The number of hydrogen-bond acceptors (Lipinski definition) is 3. The molecule has 0 amide bonds. The van der Waals surface area contributed by atoms with Crippen molar-refractivity contribution in [3.05, 3.63) is 33.4 Å². The van der Waals surface area contributed by atoms with Gasteiger partial charge in [-0.15, -0.1) is 0 Å². The van der Waals surface area contributed by atoms with Gasteiger partial charge in [0.1, 0.15) is 0 Å². The first-order chi connectivity index (χ1) is 9.45. The Balaban J connectivity index is 2.67. The van der Waals surface area contributed by atoms with Crippen molar-refractivity contribution in [2.45, 2.75) is 65.8 Å². The molecule has 112 valence electrons. The molecule has 0 heterocycles. The Labute approximate surface area is 121 Å². The highest BCUT2D eigenvalue weighted by molar-refractivity contribution is 5.60. The molecule has 1 rings (SSSR count). The lowest BCUT2D eigenvalue weighted by Gasteiger charge is -2.17. The van der Waals surface area contributed by atoms with Crippen LogP contribution in [0.2, 0.25) is 0 Å². The summed E-state index contributed by atoms with van der Waals surface area (Å²) in [5.41, 5.74) is 2.85. The van der Waals surface area contributed by atoms with Gasteiger partial charge in [-0.1, -0.05) is 32.6 Å². The van der Waals surface area contributed by atoms with Gasteiger partial charge in [0.05, 0.1) is 4.92 Å². The third kappa shape index (κ3) is 4.83. The normalized spacial score (nSPS) is 12.2. The fourth-order valence-corrected chi connectivity index (χ4v) is 2.41. The third-order valence-electron chi connectivity index (χ3n) is 3.63. The molecule has 0 saturated carbocycles. The number of nitro benzene ring substituents is 1. The van der Waals surface area contributed by atoms with Gasteiger partial charge in [0, 0.05) is 23.4 Å². The summed E-state index contributed by atoms with van der Waals surface area (Å²) in [6.45, 7) is 8.11. The summed E-state index contributed by atoms with van der Waals surface area (Å²) < 4.78 is 0. The summed E-state index contributed by atoms with van der Waals surface area (Å²) in [6, 6.07) is 3.88. The maximum absolute atomic E-state index is 11.0. The Morgan fingerprint density at radius 1 is 1.20 bits per heavy atom. The van der Waals surface area contributed by atoms with Crippen LogP contribution in [0.4, 0.5) is 11.4 Å². The van der Waals surface area contributed by atoms with Gasteiger partial charge in [0.25, 0.3) is 5.69 Å². The molecule has 0 aromatic heterocycles. The van der Waals surface area contributed by atoms with Gasteiger partial charge >= 0.3 is 0 Å². The molecule has 4 nitrogen and oxygen atoms in total. The summed E-state index contributed by atoms with van der Waals surface area (Å²) >= 11 is 0. The minimum Gasteiger partial charge on any atom is -0.382 e. The lowest BCUT2D eigenvalue weighted by atomic mass is 10.1. The number of anilines is 1. The Kier molecular flexibility index (Phi) is 6.49. The molecule has 0 aliphatic rings. The Morgan fingerprint density at radius 2 is 1.90 bits per heavy atom. The predicted octanol–water partition coefficient (Wildman–Crippen LogP) is 4.98. The van der Waals surface area contributed by atoms with Crippen LogP contribution in [0.25, 0.3) is 0 Å². The predicted molar refractivity (Wildman–Crippen MR) is 84.4 cm³/mol. The highest BCUT2D eigenvalue weighted by Gasteiger charge is 2.14. The zero-order chi connectivity index (χ0) is 15.1. The fourth-order valence-electron chi connectivity index (χ4n) is 2.41. The molecule has 1 unspecified atom stereocenters. The molecular weight excluding hydrogens is 252 g/mol. The van der Waals surface area contributed by atoms with E-state index in [0.29, 0.717) is 11.6 Å². The van der Waals surface area contributed by atoms with Gasteiger partial charge < -0.3 is 5.32 Å². The van der Waals surface area contributed by atoms with Gasteiger partial charge in [-0.2, -0.15) is 0 Å². The lowest BCUT2D eigenvalue weighted by Crippen LogP contribution is -2.16. The van der Waals surface area contributed by atoms with E-state index in [0.717, 1.165) is 17.7 Å². The molecule has 0 radical (unpaired) electrons. The largest absolute Gasteiger partial charge is 0.382 e. The van der Waals surface area contributed by atoms with Gasteiger partial charge in [-0.25, -0.2) is 0 Å². The van der Waals surface area contributed by atoms with Crippen LogP contribution in [0.15, 0.2) is 12.1 Å². The highest BCUT2D eigenvalue weighted by Crippen LogP contribution is 2.27. The number of aryl methyl sites for hydroxylation is 2. The molecule has 1 aromatic carbocycles. The van der Waals surface area contributed by atoms with Gasteiger partial charge in [0.2, 0.25) is 0 Å². The van der Waals surface area contributed by atoms with E-state index in [4.69, 9.17) is 0 Å². The molecule has 0 aliphatic carbocycles. The number of nitro groups is 1. The van der Waals surface area contributed by atoms with E-state index < -0.39 is 0 Å². The van der Waals surface area contributed by atoms with Crippen LogP contribution in [-0.4, -0.2) is 11.0 Å². The molecule has 1 N–H and O–H groups in total. The zero-order valence-corrected chi connectivity index (χ0v) is 13.0. The van der Waals surface area contributed by atoms with E-state index in [1.54, 1.807) is 13.0 Å². The van der Waals surface area contributed by atoms with Crippen molar-refractivity contribution in [2.24, 2.45) is 0 Å². The molecule has 0 saturated heterocycles. The lowest BCUT2D eigenvalue weighted by molar-refractivity contribution is -0.385. The minimum atomic E-state index is -0.314. The van der Waals surface area contributed by atoms with Crippen molar-refractivity contribution in [1.29, 1.82) is 0 Å². The number of nitrogens with zero attached hydrogens (tertiary/aromatic N) is 1. The van der Waals surface area contributed by atoms with Gasteiger partial charge in [0.15, 0.2) is 0 Å². The van der Waals surface area contributed by atoms with E-state index in [1.807, 2.05) is 13.0 Å². The average Bonchev–Trinajstić information content (AvgIpc) is 2.37. The van der Waals surface area contributed by atoms with E-state index >= 15 is 0 Å². The molecule has 4 heteroatoms. The topological polar surface area (TPSA) is 55.2 Å². The van der Waals surface area contributed by atoms with Crippen LogP contribution in [-0.2, 0) is 0 Å². The van der Waals surface area contributed by atoms with Crippen molar-refractivity contribution in [2.75, 3.05) is 5.32 Å². The number of benzene rings is 1. The summed E-state index contributed by atoms with van der Waals surface area (Å²) in [7, 11) is 0. The number of unbranched alkanes of at least 4 members (excludes halogenated alkanes) is 3. The highest BCUT2D eigenvalue weighted by atomic mass is 16.6. The average molecular weight is 278 g/mol. The first-order valence-electron chi connectivity index (χ1n) is 7.47. The maximum atomic E-state index is 11.0. The second-order valence-electron chi connectivity index (χ2n) is 5.61. The summed E-state index contributed by atoms with van der Waals surface area (Å²) in [6.07, 6.45) is 6.08. The van der Waals surface area contributed by atoms with E-state index in [1.165, 1.54) is 25.7 Å². The van der Waals surface area contributed by atoms with E-state index in [2.05, 4.69) is 19.2 Å². The number of hydrogen-bond donors (Lipinski definition) is 1. The number of nitrogens with one attached hydrogen (secondary N) is 1. The van der Waals surface area contributed by atoms with Crippen molar-refractivity contribution in [3.63, 3.8) is 0 Å². The van der Waals surface area contributed by atoms with Crippen molar-refractivity contribution < 1.29 is 4.92 Å². The Hall–Kier alpha value is -1.58. The first-order valence-corrected chi connectivity index (χ1v) is 7.47. The maximum Gasteiger partial charge on any atom is 0.274 e. The van der Waals surface area contributed by atoms with Crippen LogP contribution >= 0.6 is 0 Å². The standard InChI is InChI=1S/C16H26N2O2/c1-5-6-7-8-9-14(4)17-15-11-16(18(19)20)13(3)10-12(15)2/h10-11,14,17H,5-9H2,1-4H3. The van der Waals surface area contributed by atoms with Gasteiger partial charge in [-0.05, 0) is 38.8 Å². The Morgan fingerprint density at radius 3 is 2.50 bits per heavy atom. The van der Waals surface area contributed by atoms with Crippen LogP contribution in [0.5, 0.6) is 0 Å². The summed E-state index contributed by atoms with van der Waals surface area (Å²) in [5, 5.41) is 14.4. The SMILES string of the molecule is CCCCCCC(C)Nc1cc([N+](=O)[O-])c(C)cc1C. The molecule has 20 heavy (non-hydrogen) atoms. The smallest absolute Gasteiger partial charge is 0.274 e.